The van der Waals surface area contributed by atoms with Crippen LogP contribution in [0.15, 0.2) is 48.5 Å². The van der Waals surface area contributed by atoms with E-state index in [1.54, 1.807) is 0 Å². The Kier molecular flexibility index (Phi) is 5.59. The Hall–Kier alpha value is -2.49. The molecule has 0 aromatic heterocycles. The molecule has 2 N–H and O–H groups in total. The van der Waals surface area contributed by atoms with Gasteiger partial charge >= 0.3 is 0 Å². The van der Waals surface area contributed by atoms with Crippen molar-refractivity contribution >= 4 is 23.0 Å². The van der Waals surface area contributed by atoms with Gasteiger partial charge in [-0.15, -0.1) is 0 Å². The maximum absolute atomic E-state index is 12.3. The highest BCUT2D eigenvalue weighted by molar-refractivity contribution is 5.96. The molecule has 2 aromatic carbocycles. The van der Waals surface area contributed by atoms with E-state index in [0.717, 1.165) is 24.5 Å². The molecule has 1 heterocycles. The summed E-state index contributed by atoms with van der Waals surface area (Å²) in [6.07, 6.45) is 3.89. The van der Waals surface area contributed by atoms with Crippen LogP contribution < -0.4 is 15.5 Å². The Morgan fingerprint density at radius 2 is 1.52 bits per heavy atom. The Balaban J connectivity index is 1.55. The summed E-state index contributed by atoms with van der Waals surface area (Å²) in [7, 11) is 0. The SMILES string of the molecule is Cc1ccc(NC(=O)[C@H](C)Nc2ccc(N3CCCCC3)cc2)cc1. The molecule has 1 fully saturated rings. The molecule has 0 bridgehead atoms. The molecule has 25 heavy (non-hydrogen) atoms. The number of nitrogens with one attached hydrogen (secondary N) is 2. The first-order valence-corrected chi connectivity index (χ1v) is 9.11. The van der Waals surface area contributed by atoms with Gasteiger partial charge in [0.15, 0.2) is 0 Å². The first kappa shape index (κ1) is 17.3. The molecule has 4 nitrogen and oxygen atoms in total. The highest BCUT2D eigenvalue weighted by atomic mass is 16.2. The van der Waals surface area contributed by atoms with Crippen molar-refractivity contribution < 1.29 is 4.79 Å². The van der Waals surface area contributed by atoms with Gasteiger partial charge in [-0.1, -0.05) is 17.7 Å². The van der Waals surface area contributed by atoms with E-state index in [9.17, 15) is 4.79 Å². The molecule has 1 saturated heterocycles. The van der Waals surface area contributed by atoms with E-state index < -0.39 is 0 Å². The second-order valence-corrected chi connectivity index (χ2v) is 6.82. The van der Waals surface area contributed by atoms with E-state index in [1.165, 1.54) is 30.5 Å². The number of hydrogen-bond acceptors (Lipinski definition) is 3. The van der Waals surface area contributed by atoms with Gasteiger partial charge < -0.3 is 15.5 Å². The largest absolute Gasteiger partial charge is 0.374 e. The maximum atomic E-state index is 12.3. The summed E-state index contributed by atoms with van der Waals surface area (Å²) in [5.41, 5.74) is 4.23. The Morgan fingerprint density at radius 3 is 2.16 bits per heavy atom. The van der Waals surface area contributed by atoms with Gasteiger partial charge in [0.2, 0.25) is 5.91 Å². The lowest BCUT2D eigenvalue weighted by Gasteiger charge is -2.29. The van der Waals surface area contributed by atoms with E-state index >= 15 is 0 Å². The van der Waals surface area contributed by atoms with E-state index in [-0.39, 0.29) is 11.9 Å². The second-order valence-electron chi connectivity index (χ2n) is 6.82. The zero-order valence-electron chi connectivity index (χ0n) is 15.1. The summed E-state index contributed by atoms with van der Waals surface area (Å²) >= 11 is 0. The van der Waals surface area contributed by atoms with E-state index in [0.29, 0.717) is 0 Å². The highest BCUT2D eigenvalue weighted by Crippen LogP contribution is 2.22. The summed E-state index contributed by atoms with van der Waals surface area (Å²) in [4.78, 5) is 14.8. The van der Waals surface area contributed by atoms with Crippen molar-refractivity contribution in [1.29, 1.82) is 0 Å². The van der Waals surface area contributed by atoms with E-state index in [1.807, 2.05) is 38.1 Å². The fourth-order valence-corrected chi connectivity index (χ4v) is 3.12. The zero-order chi connectivity index (χ0) is 17.6. The van der Waals surface area contributed by atoms with Crippen LogP contribution in [0.4, 0.5) is 17.1 Å². The molecular weight excluding hydrogens is 310 g/mol. The molecule has 1 atom stereocenters. The van der Waals surface area contributed by atoms with Gasteiger partial charge in [-0.05, 0) is 69.5 Å². The minimum atomic E-state index is -0.304. The lowest BCUT2D eigenvalue weighted by molar-refractivity contribution is -0.116. The van der Waals surface area contributed by atoms with E-state index in [2.05, 4.69) is 39.8 Å². The molecular formula is C21H27N3O. The van der Waals surface area contributed by atoms with Crippen molar-refractivity contribution in [1.82, 2.24) is 0 Å². The number of nitrogens with zero attached hydrogens (tertiary/aromatic N) is 1. The fraction of sp³-hybridized carbons (Fsp3) is 0.381. The third kappa shape index (κ3) is 4.75. The average molecular weight is 337 g/mol. The predicted molar refractivity (Wildman–Crippen MR) is 105 cm³/mol. The standard InChI is InChI=1S/C21H27N3O/c1-16-6-8-19(9-7-16)23-21(25)17(2)22-18-10-12-20(13-11-18)24-14-4-3-5-15-24/h6-13,17,22H,3-5,14-15H2,1-2H3,(H,23,25)/t17-/m0/s1. The van der Waals surface area contributed by atoms with Crippen molar-refractivity contribution in [3.05, 3.63) is 54.1 Å². The minimum absolute atomic E-state index is 0.0380. The molecule has 0 spiro atoms. The Labute approximate surface area is 150 Å². The molecule has 132 valence electrons. The quantitative estimate of drug-likeness (QED) is 0.848. The van der Waals surface area contributed by atoms with Gasteiger partial charge in [0, 0.05) is 30.2 Å². The van der Waals surface area contributed by atoms with Crippen LogP contribution in [0.2, 0.25) is 0 Å². The van der Waals surface area contributed by atoms with Crippen LogP contribution in [-0.2, 0) is 4.79 Å². The number of benzene rings is 2. The number of piperidine rings is 1. The molecule has 0 saturated carbocycles. The van der Waals surface area contributed by atoms with Gasteiger partial charge in [-0.25, -0.2) is 0 Å². The van der Waals surface area contributed by atoms with Crippen LogP contribution in [0.3, 0.4) is 0 Å². The summed E-state index contributed by atoms with van der Waals surface area (Å²) in [6, 6.07) is 15.9. The Morgan fingerprint density at radius 1 is 0.920 bits per heavy atom. The first-order chi connectivity index (χ1) is 12.1. The molecule has 0 aliphatic carbocycles. The molecule has 1 aliphatic rings. The Bertz CT molecular complexity index is 688. The molecule has 1 amide bonds. The third-order valence-corrected chi connectivity index (χ3v) is 4.68. The van der Waals surface area contributed by atoms with Crippen LogP contribution in [0, 0.1) is 6.92 Å². The first-order valence-electron chi connectivity index (χ1n) is 9.11. The topological polar surface area (TPSA) is 44.4 Å². The molecule has 0 unspecified atom stereocenters. The van der Waals surface area contributed by atoms with Crippen molar-refractivity contribution in [3.8, 4) is 0 Å². The third-order valence-electron chi connectivity index (χ3n) is 4.68. The van der Waals surface area contributed by atoms with Crippen LogP contribution in [0.5, 0.6) is 0 Å². The van der Waals surface area contributed by atoms with Crippen molar-refractivity contribution in [2.24, 2.45) is 0 Å². The molecule has 2 aromatic rings. The number of rotatable bonds is 5. The monoisotopic (exact) mass is 337 g/mol. The fourth-order valence-electron chi connectivity index (χ4n) is 3.12. The van der Waals surface area contributed by atoms with E-state index in [4.69, 9.17) is 0 Å². The summed E-state index contributed by atoms with van der Waals surface area (Å²) in [6.45, 7) is 6.19. The van der Waals surface area contributed by atoms with Gasteiger partial charge in [-0.3, -0.25) is 4.79 Å². The van der Waals surface area contributed by atoms with Crippen molar-refractivity contribution in [2.75, 3.05) is 28.6 Å². The lowest BCUT2D eigenvalue weighted by Crippen LogP contribution is -2.32. The minimum Gasteiger partial charge on any atom is -0.374 e. The highest BCUT2D eigenvalue weighted by Gasteiger charge is 2.14. The normalized spacial score (nSPS) is 15.5. The molecule has 3 rings (SSSR count). The zero-order valence-corrected chi connectivity index (χ0v) is 15.1. The van der Waals surface area contributed by atoms with Crippen LogP contribution in [-0.4, -0.2) is 25.0 Å². The predicted octanol–water partition coefficient (Wildman–Crippen LogP) is 4.42. The number of amides is 1. The number of aryl methyl sites for hydroxylation is 1. The van der Waals surface area contributed by atoms with Crippen LogP contribution in [0.25, 0.3) is 0 Å². The van der Waals surface area contributed by atoms with Gasteiger partial charge in [0.25, 0.3) is 0 Å². The average Bonchev–Trinajstić information content (AvgIpc) is 2.65. The van der Waals surface area contributed by atoms with Crippen LogP contribution in [0.1, 0.15) is 31.7 Å². The van der Waals surface area contributed by atoms with Gasteiger partial charge in [-0.2, -0.15) is 0 Å². The van der Waals surface area contributed by atoms with Crippen LogP contribution >= 0.6 is 0 Å². The maximum Gasteiger partial charge on any atom is 0.246 e. The number of carbonyl (C=O) groups excluding carboxylic acids is 1. The van der Waals surface area contributed by atoms with Crippen molar-refractivity contribution in [2.45, 2.75) is 39.2 Å². The molecule has 4 heteroatoms. The summed E-state index contributed by atoms with van der Waals surface area (Å²) in [5, 5.41) is 6.22. The summed E-state index contributed by atoms with van der Waals surface area (Å²) < 4.78 is 0. The lowest BCUT2D eigenvalue weighted by atomic mass is 10.1. The van der Waals surface area contributed by atoms with Gasteiger partial charge in [0.1, 0.15) is 6.04 Å². The second kappa shape index (κ2) is 8.06. The molecule has 1 aliphatic heterocycles. The number of anilines is 3. The molecule has 0 radical (unpaired) electrons. The summed E-state index contributed by atoms with van der Waals surface area (Å²) in [5.74, 6) is -0.0380. The number of hydrogen-bond donors (Lipinski definition) is 2. The van der Waals surface area contributed by atoms with Crippen molar-refractivity contribution in [3.63, 3.8) is 0 Å². The smallest absolute Gasteiger partial charge is 0.246 e. The number of carbonyl (C=O) groups is 1. The van der Waals surface area contributed by atoms with Gasteiger partial charge in [0.05, 0.1) is 0 Å².